The summed E-state index contributed by atoms with van der Waals surface area (Å²) in [4.78, 5) is 12.8. The van der Waals surface area contributed by atoms with Crippen molar-refractivity contribution in [3.8, 4) is 0 Å². The zero-order chi connectivity index (χ0) is 13.5. The molecule has 0 bridgehead atoms. The van der Waals surface area contributed by atoms with Gasteiger partial charge in [0.1, 0.15) is 0 Å². The summed E-state index contributed by atoms with van der Waals surface area (Å²) >= 11 is 0. The van der Waals surface area contributed by atoms with Crippen molar-refractivity contribution in [3.05, 3.63) is 35.9 Å². The van der Waals surface area contributed by atoms with Crippen LogP contribution in [0.4, 0.5) is 5.69 Å². The molecule has 0 saturated carbocycles. The van der Waals surface area contributed by atoms with Crippen molar-refractivity contribution in [2.24, 2.45) is 0 Å². The smallest absolute Gasteiger partial charge is 0.328 e. The van der Waals surface area contributed by atoms with Gasteiger partial charge in [-0.15, -0.1) is 0 Å². The van der Waals surface area contributed by atoms with Crippen molar-refractivity contribution in [2.75, 3.05) is 11.9 Å². The van der Waals surface area contributed by atoms with E-state index in [1.54, 1.807) is 6.08 Å². The van der Waals surface area contributed by atoms with Gasteiger partial charge in [-0.05, 0) is 30.5 Å². The third kappa shape index (κ3) is 3.62. The second-order valence-corrected chi connectivity index (χ2v) is 4.31. The summed E-state index contributed by atoms with van der Waals surface area (Å²) in [5, 5.41) is 8.71. The molecular weight excluding hydrogens is 226 g/mol. The quantitative estimate of drug-likeness (QED) is 0.783. The van der Waals surface area contributed by atoms with Gasteiger partial charge in [-0.1, -0.05) is 32.0 Å². The van der Waals surface area contributed by atoms with Crippen LogP contribution >= 0.6 is 0 Å². The van der Waals surface area contributed by atoms with Crippen molar-refractivity contribution in [1.82, 2.24) is 0 Å². The number of carboxylic acid groups (broad SMARTS) is 1. The number of hydrogen-bond acceptors (Lipinski definition) is 2. The van der Waals surface area contributed by atoms with E-state index in [1.165, 1.54) is 6.08 Å². The Morgan fingerprint density at radius 3 is 2.50 bits per heavy atom. The molecule has 0 aliphatic rings. The van der Waals surface area contributed by atoms with Crippen LogP contribution in [0, 0.1) is 0 Å². The van der Waals surface area contributed by atoms with Crippen molar-refractivity contribution in [3.63, 3.8) is 0 Å². The van der Waals surface area contributed by atoms with E-state index in [0.717, 1.165) is 24.1 Å². The standard InChI is InChI=1S/C15H21NO2/c1-4-13(5-2)16(3)14-9-7-6-8-12(14)10-11-15(17)18/h6-11,13H,4-5H2,1-3H3,(H,17,18)/b11-10+. The van der Waals surface area contributed by atoms with Crippen LogP contribution in [0.3, 0.4) is 0 Å². The van der Waals surface area contributed by atoms with Gasteiger partial charge in [-0.25, -0.2) is 4.79 Å². The predicted octanol–water partition coefficient (Wildman–Crippen LogP) is 3.41. The van der Waals surface area contributed by atoms with Gasteiger partial charge in [0.15, 0.2) is 0 Å². The lowest BCUT2D eigenvalue weighted by Crippen LogP contribution is -2.30. The van der Waals surface area contributed by atoms with Gasteiger partial charge < -0.3 is 10.0 Å². The van der Waals surface area contributed by atoms with Gasteiger partial charge in [0.2, 0.25) is 0 Å². The first-order valence-electron chi connectivity index (χ1n) is 6.33. The van der Waals surface area contributed by atoms with E-state index in [4.69, 9.17) is 5.11 Å². The summed E-state index contributed by atoms with van der Waals surface area (Å²) in [6.45, 7) is 4.33. The minimum Gasteiger partial charge on any atom is -0.478 e. The van der Waals surface area contributed by atoms with Crippen LogP contribution < -0.4 is 4.90 Å². The maximum Gasteiger partial charge on any atom is 0.328 e. The number of benzene rings is 1. The molecule has 0 unspecified atom stereocenters. The Labute approximate surface area is 109 Å². The van der Waals surface area contributed by atoms with Crippen molar-refractivity contribution >= 4 is 17.7 Å². The monoisotopic (exact) mass is 247 g/mol. The van der Waals surface area contributed by atoms with Crippen molar-refractivity contribution in [1.29, 1.82) is 0 Å². The zero-order valence-corrected chi connectivity index (χ0v) is 11.3. The molecule has 0 spiro atoms. The van der Waals surface area contributed by atoms with E-state index >= 15 is 0 Å². The predicted molar refractivity (Wildman–Crippen MR) is 75.9 cm³/mol. The highest BCUT2D eigenvalue weighted by atomic mass is 16.4. The third-order valence-corrected chi connectivity index (χ3v) is 3.21. The lowest BCUT2D eigenvalue weighted by atomic mass is 10.1. The van der Waals surface area contributed by atoms with Gasteiger partial charge in [0, 0.05) is 24.9 Å². The van der Waals surface area contributed by atoms with Gasteiger partial charge in [-0.2, -0.15) is 0 Å². The van der Waals surface area contributed by atoms with E-state index in [0.29, 0.717) is 6.04 Å². The zero-order valence-electron chi connectivity index (χ0n) is 11.3. The van der Waals surface area contributed by atoms with E-state index < -0.39 is 5.97 Å². The molecule has 0 aliphatic heterocycles. The molecule has 1 aromatic rings. The molecule has 3 heteroatoms. The Morgan fingerprint density at radius 2 is 1.94 bits per heavy atom. The summed E-state index contributed by atoms with van der Waals surface area (Å²) in [5.41, 5.74) is 2.01. The van der Waals surface area contributed by atoms with Gasteiger partial charge in [0.05, 0.1) is 0 Å². The highest BCUT2D eigenvalue weighted by Crippen LogP contribution is 2.24. The number of hydrogen-bond donors (Lipinski definition) is 1. The first-order chi connectivity index (χ1) is 8.60. The molecule has 1 N–H and O–H groups in total. The average Bonchev–Trinajstić information content (AvgIpc) is 2.38. The molecule has 0 aliphatic carbocycles. The van der Waals surface area contributed by atoms with Gasteiger partial charge >= 0.3 is 5.97 Å². The summed E-state index contributed by atoms with van der Waals surface area (Å²) in [6, 6.07) is 8.34. The molecule has 0 amide bonds. The normalized spacial score (nSPS) is 11.1. The number of para-hydroxylation sites is 1. The van der Waals surface area contributed by atoms with Gasteiger partial charge in [-0.3, -0.25) is 0 Å². The Hall–Kier alpha value is -1.77. The van der Waals surface area contributed by atoms with E-state index in [2.05, 4.69) is 25.8 Å². The van der Waals surface area contributed by atoms with Crippen LogP contribution in [0.25, 0.3) is 6.08 Å². The number of aliphatic carboxylic acids is 1. The molecule has 0 heterocycles. The molecule has 0 atom stereocenters. The van der Waals surface area contributed by atoms with Crippen molar-refractivity contribution < 1.29 is 9.90 Å². The summed E-state index contributed by atoms with van der Waals surface area (Å²) in [5.74, 6) is -0.921. The highest BCUT2D eigenvalue weighted by Gasteiger charge is 2.13. The average molecular weight is 247 g/mol. The largest absolute Gasteiger partial charge is 0.478 e. The number of anilines is 1. The van der Waals surface area contributed by atoms with E-state index in [1.807, 2.05) is 24.3 Å². The molecule has 0 saturated heterocycles. The Balaban J connectivity index is 3.04. The fraction of sp³-hybridized carbons (Fsp3) is 0.400. The molecular formula is C15H21NO2. The van der Waals surface area contributed by atoms with Crippen LogP contribution in [0.2, 0.25) is 0 Å². The number of carboxylic acids is 1. The minimum absolute atomic E-state index is 0.476. The Morgan fingerprint density at radius 1 is 1.33 bits per heavy atom. The first kappa shape index (κ1) is 14.3. The van der Waals surface area contributed by atoms with Gasteiger partial charge in [0.25, 0.3) is 0 Å². The molecule has 98 valence electrons. The molecule has 0 fully saturated rings. The maximum atomic E-state index is 10.6. The molecule has 1 rings (SSSR count). The molecule has 0 radical (unpaired) electrons. The molecule has 0 aromatic heterocycles. The number of rotatable bonds is 6. The molecule has 18 heavy (non-hydrogen) atoms. The third-order valence-electron chi connectivity index (χ3n) is 3.21. The summed E-state index contributed by atoms with van der Waals surface area (Å²) in [6.07, 6.45) is 4.98. The second-order valence-electron chi connectivity index (χ2n) is 4.31. The Kier molecular flexibility index (Phi) is 5.43. The maximum absolute atomic E-state index is 10.6. The summed E-state index contributed by atoms with van der Waals surface area (Å²) in [7, 11) is 2.06. The Bertz CT molecular complexity index is 422. The SMILES string of the molecule is CCC(CC)N(C)c1ccccc1/C=C/C(=O)O. The highest BCUT2D eigenvalue weighted by molar-refractivity contribution is 5.87. The van der Waals surface area contributed by atoms with Crippen molar-refractivity contribution in [2.45, 2.75) is 32.7 Å². The molecule has 3 nitrogen and oxygen atoms in total. The van der Waals surface area contributed by atoms with Crippen LogP contribution in [0.15, 0.2) is 30.3 Å². The van der Waals surface area contributed by atoms with E-state index in [9.17, 15) is 4.79 Å². The topological polar surface area (TPSA) is 40.5 Å². The van der Waals surface area contributed by atoms with Crippen LogP contribution in [-0.2, 0) is 4.79 Å². The minimum atomic E-state index is -0.921. The van der Waals surface area contributed by atoms with Crippen LogP contribution in [0.5, 0.6) is 0 Å². The van der Waals surface area contributed by atoms with Crippen LogP contribution in [0.1, 0.15) is 32.3 Å². The first-order valence-corrected chi connectivity index (χ1v) is 6.33. The number of carbonyl (C=O) groups is 1. The number of nitrogens with zero attached hydrogens (tertiary/aromatic N) is 1. The lowest BCUT2D eigenvalue weighted by Gasteiger charge is -2.29. The van der Waals surface area contributed by atoms with E-state index in [-0.39, 0.29) is 0 Å². The second kappa shape index (κ2) is 6.84. The lowest BCUT2D eigenvalue weighted by molar-refractivity contribution is -0.131. The summed E-state index contributed by atoms with van der Waals surface area (Å²) < 4.78 is 0. The molecule has 1 aromatic carbocycles. The fourth-order valence-electron chi connectivity index (χ4n) is 2.14. The van der Waals surface area contributed by atoms with Crippen LogP contribution in [-0.4, -0.2) is 24.2 Å². The fourth-order valence-corrected chi connectivity index (χ4v) is 2.14.